The normalized spacial score (nSPS) is 26.6. The molecule has 2 N–H and O–H groups in total. The van der Waals surface area contributed by atoms with E-state index in [4.69, 9.17) is 19.3 Å². The third-order valence-electron chi connectivity index (χ3n) is 4.10. The van der Waals surface area contributed by atoms with Crippen LogP contribution in [0.1, 0.15) is 46.1 Å². The minimum atomic E-state index is -0.586. The average Bonchev–Trinajstić information content (AvgIpc) is 3.59. The van der Waals surface area contributed by atoms with E-state index in [1.807, 2.05) is 0 Å². The monoisotopic (exact) mass is 357 g/mol. The lowest BCUT2D eigenvalue weighted by Crippen LogP contribution is -1.84. The fourth-order valence-corrected chi connectivity index (χ4v) is 2.83. The summed E-state index contributed by atoms with van der Waals surface area (Å²) >= 11 is 0. The van der Waals surface area contributed by atoms with Gasteiger partial charge in [-0.3, -0.25) is 4.79 Å². The van der Waals surface area contributed by atoms with E-state index in [0.29, 0.717) is 0 Å². The predicted octanol–water partition coefficient (Wildman–Crippen LogP) is 5.89. The second-order valence-corrected chi connectivity index (χ2v) is 5.85. The SMILES string of the molecule is C1=CC2CCC1C2.[2H]c1c([2H])c([2H])c(C=O)c([2H])c1[2H].[2H]c1c([2H])c([2H])c2c(N([2H])[2H])c([2H])c([2H])c([2H])c2c1[2H]. The van der Waals surface area contributed by atoms with Crippen molar-refractivity contribution >= 4 is 22.7 Å². The van der Waals surface area contributed by atoms with Gasteiger partial charge in [-0.2, -0.15) is 0 Å². The molecule has 0 saturated heterocycles. The number of rotatable bonds is 2. The maximum atomic E-state index is 10.4. The molecule has 2 aliphatic rings. The Kier molecular flexibility index (Phi) is 2.56. The Balaban J connectivity index is 0.000000186. The molecule has 3 aromatic rings. The number of allylic oxidation sites excluding steroid dienone is 2. The lowest BCUT2D eigenvalue weighted by Gasteiger charge is -1.98. The van der Waals surface area contributed by atoms with Crippen molar-refractivity contribution < 1.29 is 24.1 Å². The highest BCUT2D eigenvalue weighted by Crippen LogP contribution is 2.38. The number of hydrogen-bond donors (Lipinski definition) is 1. The number of fused-ring (bicyclic) bond motifs is 3. The van der Waals surface area contributed by atoms with Crippen molar-refractivity contribution in [2.75, 3.05) is 5.72 Å². The second kappa shape index (κ2) is 9.00. The summed E-state index contributed by atoms with van der Waals surface area (Å²) in [7, 11) is 0. The molecule has 1 fully saturated rings. The summed E-state index contributed by atoms with van der Waals surface area (Å²) < 4.78 is 104. The molecule has 3 aromatic carbocycles. The summed E-state index contributed by atoms with van der Waals surface area (Å²) in [6.07, 6.45) is 9.45. The molecule has 2 unspecified atom stereocenters. The van der Waals surface area contributed by atoms with Gasteiger partial charge in [-0.05, 0) is 42.5 Å². The van der Waals surface area contributed by atoms with Gasteiger partial charge >= 0.3 is 0 Å². The van der Waals surface area contributed by atoms with E-state index in [0.717, 1.165) is 11.8 Å². The molecule has 0 aliphatic heterocycles. The quantitative estimate of drug-likeness (QED) is 0.353. The number of nitrogens with two attached hydrogens (primary N) is 1. The molecule has 2 nitrogen and oxygen atoms in total. The van der Waals surface area contributed by atoms with E-state index in [1.54, 1.807) is 0 Å². The van der Waals surface area contributed by atoms with Crippen LogP contribution < -0.4 is 5.72 Å². The van der Waals surface area contributed by atoms with Gasteiger partial charge in [0.05, 0.1) is 16.4 Å². The molecule has 2 heteroatoms. The van der Waals surface area contributed by atoms with Gasteiger partial charge in [-0.15, -0.1) is 0 Å². The Bertz CT molecular complexity index is 1470. The van der Waals surface area contributed by atoms with E-state index >= 15 is 0 Å². The van der Waals surface area contributed by atoms with Gasteiger partial charge < -0.3 is 5.72 Å². The zero-order valence-electron chi connectivity index (χ0n) is 27.9. The van der Waals surface area contributed by atoms with Gasteiger partial charge in [0, 0.05) is 16.6 Å². The van der Waals surface area contributed by atoms with Crippen LogP contribution in [0.15, 0.2) is 84.7 Å². The molecule has 2 aliphatic carbocycles. The molecular formula is C24H25NO. The fourth-order valence-electron chi connectivity index (χ4n) is 2.83. The van der Waals surface area contributed by atoms with Crippen LogP contribution in [-0.4, -0.2) is 6.29 Å². The molecule has 5 rings (SSSR count). The van der Waals surface area contributed by atoms with Crippen molar-refractivity contribution in [3.8, 4) is 0 Å². The fraction of sp³-hybridized carbons (Fsp3) is 0.208. The van der Waals surface area contributed by atoms with Crippen LogP contribution in [0, 0.1) is 11.8 Å². The van der Waals surface area contributed by atoms with Crippen LogP contribution in [-0.2, 0) is 0 Å². The van der Waals surface area contributed by atoms with Crippen LogP contribution in [0.3, 0.4) is 0 Å². The van der Waals surface area contributed by atoms with Gasteiger partial charge in [0.2, 0.25) is 0 Å². The first-order valence-electron chi connectivity index (χ1n) is 15.0. The van der Waals surface area contributed by atoms with Crippen LogP contribution in [0.4, 0.5) is 5.69 Å². The van der Waals surface area contributed by atoms with Crippen molar-refractivity contribution in [3.05, 3.63) is 90.2 Å². The zero-order valence-corrected chi connectivity index (χ0v) is 13.9. The molecule has 0 radical (unpaired) electrons. The van der Waals surface area contributed by atoms with Gasteiger partial charge in [0.1, 0.15) is 6.29 Å². The molecule has 0 amide bonds. The summed E-state index contributed by atoms with van der Waals surface area (Å²) in [6.45, 7) is 0. The Labute approximate surface area is 175 Å². The van der Waals surface area contributed by atoms with E-state index < -0.39 is 78.2 Å². The third kappa shape index (κ3) is 4.82. The number of benzene rings is 3. The van der Waals surface area contributed by atoms with Crippen LogP contribution in [0.5, 0.6) is 0 Å². The predicted molar refractivity (Wildman–Crippen MR) is 110 cm³/mol. The Morgan fingerprint density at radius 2 is 1.54 bits per heavy atom. The lowest BCUT2D eigenvalue weighted by molar-refractivity contribution is 0.112. The maximum Gasteiger partial charge on any atom is 0.156 e. The largest absolute Gasteiger partial charge is 0.398 e. The third-order valence-corrected chi connectivity index (χ3v) is 4.10. The molecule has 2 bridgehead atoms. The molecule has 0 heterocycles. The van der Waals surface area contributed by atoms with Gasteiger partial charge in [0.25, 0.3) is 0 Å². The standard InChI is InChI=1S/C10H9N.C7H6O.C7H10/c11-10-7-3-5-8-4-1-2-6-9(8)10;8-6-7-4-2-1-3-5-7;1-2-7-4-3-6(1)5-7/h1-7H,11H2;1-6H;1-2,6-7H,3-5H2/i1D,2D,3D,4D,5D,6D,7D;1D,2D,3D,4D,5D;/hD2. The van der Waals surface area contributed by atoms with Crippen LogP contribution in [0.2, 0.25) is 2.82 Å². The Morgan fingerprint density at radius 1 is 0.885 bits per heavy atom. The van der Waals surface area contributed by atoms with Gasteiger partial charge in [-0.25, -0.2) is 0 Å². The number of nitrogen functional groups attached to an aromatic ring is 1. The minimum Gasteiger partial charge on any atom is -0.398 e. The van der Waals surface area contributed by atoms with Crippen LogP contribution in [0.25, 0.3) is 10.8 Å². The average molecular weight is 358 g/mol. The number of anilines is 1. The van der Waals surface area contributed by atoms with Crippen LogP contribution >= 0.6 is 0 Å². The van der Waals surface area contributed by atoms with Crippen molar-refractivity contribution in [1.82, 2.24) is 0 Å². The van der Waals surface area contributed by atoms with Crippen molar-refractivity contribution in [2.45, 2.75) is 19.3 Å². The number of carbonyl (C=O) groups is 1. The first-order valence-corrected chi connectivity index (χ1v) is 8.13. The second-order valence-electron chi connectivity index (χ2n) is 5.85. The van der Waals surface area contributed by atoms with E-state index in [1.165, 1.54) is 19.3 Å². The van der Waals surface area contributed by atoms with Gasteiger partial charge in [0.15, 0.2) is 2.82 Å². The lowest BCUT2D eigenvalue weighted by atomic mass is 10.1. The summed E-state index contributed by atoms with van der Waals surface area (Å²) in [5.41, 5.74) is -0.707. The number of aldehydes is 1. The molecule has 0 aromatic heterocycles. The number of carbonyl (C=O) groups excluding carboxylic acids is 1. The summed E-state index contributed by atoms with van der Waals surface area (Å²) in [5, 5.41) is -0.511. The van der Waals surface area contributed by atoms with Crippen molar-refractivity contribution in [2.24, 2.45) is 11.8 Å². The highest BCUT2D eigenvalue weighted by Gasteiger charge is 2.25. The first-order chi connectivity index (χ1) is 18.6. The molecular weight excluding hydrogens is 318 g/mol. The number of hydrogen-bond acceptors (Lipinski definition) is 2. The van der Waals surface area contributed by atoms with E-state index in [2.05, 4.69) is 12.2 Å². The summed E-state index contributed by atoms with van der Waals surface area (Å²) in [5.74, 6) is 1.98. The molecule has 1 saturated carbocycles. The minimum absolute atomic E-state index is 0.0304. The highest BCUT2D eigenvalue weighted by molar-refractivity contribution is 5.92. The summed E-state index contributed by atoms with van der Waals surface area (Å²) in [6, 6.07) is -6.20. The topological polar surface area (TPSA) is 43.1 Å². The zero-order chi connectivity index (χ0) is 30.2. The summed E-state index contributed by atoms with van der Waals surface area (Å²) in [4.78, 5) is 10.4. The van der Waals surface area contributed by atoms with E-state index in [9.17, 15) is 4.79 Å². The van der Waals surface area contributed by atoms with Crippen molar-refractivity contribution in [1.29, 1.82) is 0 Å². The Morgan fingerprint density at radius 3 is 2.12 bits per heavy atom. The Hall–Kier alpha value is -2.87. The molecule has 0 spiro atoms. The first kappa shape index (κ1) is 7.40. The molecule has 26 heavy (non-hydrogen) atoms. The van der Waals surface area contributed by atoms with Crippen molar-refractivity contribution in [3.63, 3.8) is 0 Å². The van der Waals surface area contributed by atoms with E-state index in [-0.39, 0.29) is 28.3 Å². The molecule has 132 valence electrons. The smallest absolute Gasteiger partial charge is 0.156 e. The maximum absolute atomic E-state index is 10.4. The van der Waals surface area contributed by atoms with Gasteiger partial charge in [-0.1, -0.05) is 78.6 Å². The molecule has 2 atom stereocenters. The highest BCUT2D eigenvalue weighted by atomic mass is 16.1.